The summed E-state index contributed by atoms with van der Waals surface area (Å²) < 4.78 is 0. The van der Waals surface area contributed by atoms with Crippen LogP contribution in [0.25, 0.3) is 11.1 Å². The Labute approximate surface area is 112 Å². The van der Waals surface area contributed by atoms with Gasteiger partial charge >= 0.3 is 0 Å². The first-order valence-corrected chi connectivity index (χ1v) is 7.33. The highest BCUT2D eigenvalue weighted by atomic mass is 32.1. The van der Waals surface area contributed by atoms with Gasteiger partial charge in [0.1, 0.15) is 0 Å². The highest BCUT2D eigenvalue weighted by Crippen LogP contribution is 2.25. The zero-order valence-electron chi connectivity index (χ0n) is 10.7. The van der Waals surface area contributed by atoms with E-state index in [0.29, 0.717) is 0 Å². The molecule has 0 atom stereocenters. The summed E-state index contributed by atoms with van der Waals surface area (Å²) in [7, 11) is 2.19. The van der Waals surface area contributed by atoms with Crippen molar-refractivity contribution in [2.24, 2.45) is 0 Å². The number of hydrogen-bond donors (Lipinski definition) is 0. The zero-order chi connectivity index (χ0) is 12.4. The Morgan fingerprint density at radius 2 is 1.61 bits per heavy atom. The molecule has 0 saturated carbocycles. The molecule has 1 aromatic heterocycles. The molecule has 0 radical (unpaired) electrons. The lowest BCUT2D eigenvalue weighted by molar-refractivity contribution is 0.313. The molecule has 94 valence electrons. The van der Waals surface area contributed by atoms with Crippen LogP contribution in [0.2, 0.25) is 0 Å². The summed E-state index contributed by atoms with van der Waals surface area (Å²) in [5.41, 5.74) is 3.99. The molecule has 1 aliphatic heterocycles. The molecule has 1 aliphatic rings. The van der Waals surface area contributed by atoms with Crippen LogP contribution in [0.15, 0.2) is 41.1 Å². The quantitative estimate of drug-likeness (QED) is 0.816. The van der Waals surface area contributed by atoms with Crippen molar-refractivity contribution in [2.45, 2.75) is 0 Å². The maximum absolute atomic E-state index is 2.47. The first-order valence-electron chi connectivity index (χ1n) is 6.39. The Balaban J connectivity index is 1.75. The molecule has 0 bridgehead atoms. The van der Waals surface area contributed by atoms with Gasteiger partial charge in [-0.05, 0) is 47.1 Å². The number of piperazine rings is 1. The molecule has 1 saturated heterocycles. The molecule has 2 nitrogen and oxygen atoms in total. The average molecular weight is 258 g/mol. The third kappa shape index (κ3) is 2.42. The number of rotatable bonds is 2. The first-order chi connectivity index (χ1) is 8.83. The van der Waals surface area contributed by atoms with Gasteiger partial charge in [-0.2, -0.15) is 11.3 Å². The normalized spacial score (nSPS) is 17.1. The highest BCUT2D eigenvalue weighted by molar-refractivity contribution is 7.08. The van der Waals surface area contributed by atoms with E-state index in [-0.39, 0.29) is 0 Å². The second-order valence-corrected chi connectivity index (χ2v) is 5.63. The van der Waals surface area contributed by atoms with E-state index in [2.05, 4.69) is 57.9 Å². The molecule has 1 fully saturated rings. The molecular formula is C15H18N2S. The van der Waals surface area contributed by atoms with E-state index in [4.69, 9.17) is 0 Å². The van der Waals surface area contributed by atoms with Gasteiger partial charge in [0.2, 0.25) is 0 Å². The number of anilines is 1. The smallest absolute Gasteiger partial charge is 0.0367 e. The zero-order valence-corrected chi connectivity index (χ0v) is 11.5. The predicted molar refractivity (Wildman–Crippen MR) is 79.5 cm³/mol. The Hall–Kier alpha value is -1.32. The van der Waals surface area contributed by atoms with Crippen molar-refractivity contribution in [1.82, 2.24) is 4.90 Å². The van der Waals surface area contributed by atoms with Gasteiger partial charge in [0, 0.05) is 31.9 Å². The van der Waals surface area contributed by atoms with Crippen molar-refractivity contribution in [3.05, 3.63) is 41.1 Å². The second-order valence-electron chi connectivity index (χ2n) is 4.85. The van der Waals surface area contributed by atoms with Crippen molar-refractivity contribution in [3.63, 3.8) is 0 Å². The first kappa shape index (κ1) is 11.8. The van der Waals surface area contributed by atoms with E-state index in [1.54, 1.807) is 11.3 Å². The molecule has 0 aliphatic carbocycles. The van der Waals surface area contributed by atoms with Gasteiger partial charge in [0.15, 0.2) is 0 Å². The lowest BCUT2D eigenvalue weighted by Crippen LogP contribution is -2.44. The molecule has 1 aromatic carbocycles. The molecule has 2 heterocycles. The van der Waals surface area contributed by atoms with Crippen LogP contribution in [-0.2, 0) is 0 Å². The van der Waals surface area contributed by atoms with Gasteiger partial charge < -0.3 is 9.80 Å². The van der Waals surface area contributed by atoms with Crippen LogP contribution in [0.4, 0.5) is 5.69 Å². The summed E-state index contributed by atoms with van der Waals surface area (Å²) in [6.45, 7) is 4.58. The van der Waals surface area contributed by atoms with Gasteiger partial charge in [0.25, 0.3) is 0 Å². The highest BCUT2D eigenvalue weighted by Gasteiger charge is 2.13. The molecule has 0 amide bonds. The summed E-state index contributed by atoms with van der Waals surface area (Å²) in [6.07, 6.45) is 0. The number of nitrogens with zero attached hydrogens (tertiary/aromatic N) is 2. The SMILES string of the molecule is CN1CCN(c2ccc(-c3ccsc3)cc2)CC1. The molecule has 0 unspecified atom stereocenters. The number of hydrogen-bond acceptors (Lipinski definition) is 3. The van der Waals surface area contributed by atoms with Crippen molar-refractivity contribution in [2.75, 3.05) is 38.1 Å². The van der Waals surface area contributed by atoms with E-state index in [1.807, 2.05) is 0 Å². The lowest BCUT2D eigenvalue weighted by Gasteiger charge is -2.34. The fourth-order valence-corrected chi connectivity index (χ4v) is 3.02. The summed E-state index contributed by atoms with van der Waals surface area (Å²) >= 11 is 1.75. The van der Waals surface area contributed by atoms with E-state index >= 15 is 0 Å². The maximum atomic E-state index is 2.47. The van der Waals surface area contributed by atoms with Gasteiger partial charge in [0.05, 0.1) is 0 Å². The minimum absolute atomic E-state index is 1.13. The molecule has 0 N–H and O–H groups in total. The molecule has 18 heavy (non-hydrogen) atoms. The summed E-state index contributed by atoms with van der Waals surface area (Å²) in [4.78, 5) is 4.85. The van der Waals surface area contributed by atoms with E-state index < -0.39 is 0 Å². The number of likely N-dealkylation sites (N-methyl/N-ethyl adjacent to an activating group) is 1. The third-order valence-corrected chi connectivity index (χ3v) is 4.27. The maximum Gasteiger partial charge on any atom is 0.0367 e. The van der Waals surface area contributed by atoms with Gasteiger partial charge in [-0.25, -0.2) is 0 Å². The van der Waals surface area contributed by atoms with Crippen LogP contribution >= 0.6 is 11.3 Å². The van der Waals surface area contributed by atoms with Crippen LogP contribution in [0, 0.1) is 0 Å². The average Bonchev–Trinajstić information content (AvgIpc) is 2.94. The summed E-state index contributed by atoms with van der Waals surface area (Å²) in [6, 6.07) is 11.1. The third-order valence-electron chi connectivity index (χ3n) is 3.59. The molecule has 2 aromatic rings. The van der Waals surface area contributed by atoms with Crippen LogP contribution in [0.1, 0.15) is 0 Å². The van der Waals surface area contributed by atoms with Gasteiger partial charge in [-0.1, -0.05) is 12.1 Å². The van der Waals surface area contributed by atoms with Crippen LogP contribution in [-0.4, -0.2) is 38.1 Å². The van der Waals surface area contributed by atoms with Gasteiger partial charge in [-0.15, -0.1) is 0 Å². The molecule has 0 spiro atoms. The summed E-state index contributed by atoms with van der Waals surface area (Å²) in [5, 5.41) is 4.33. The van der Waals surface area contributed by atoms with E-state index in [9.17, 15) is 0 Å². The Morgan fingerprint density at radius 1 is 0.889 bits per heavy atom. The topological polar surface area (TPSA) is 6.48 Å². The minimum atomic E-state index is 1.13. The lowest BCUT2D eigenvalue weighted by atomic mass is 10.1. The van der Waals surface area contributed by atoms with Crippen LogP contribution < -0.4 is 4.90 Å². The fraction of sp³-hybridized carbons (Fsp3) is 0.333. The van der Waals surface area contributed by atoms with E-state index in [0.717, 1.165) is 26.2 Å². The number of thiophene rings is 1. The van der Waals surface area contributed by atoms with E-state index in [1.165, 1.54) is 16.8 Å². The monoisotopic (exact) mass is 258 g/mol. The predicted octanol–water partition coefficient (Wildman–Crippen LogP) is 3.17. The second kappa shape index (κ2) is 5.12. The summed E-state index contributed by atoms with van der Waals surface area (Å²) in [5.74, 6) is 0. The molecule has 3 heteroatoms. The van der Waals surface area contributed by atoms with Crippen molar-refractivity contribution in [1.29, 1.82) is 0 Å². The largest absolute Gasteiger partial charge is 0.369 e. The Kier molecular flexibility index (Phi) is 3.35. The van der Waals surface area contributed by atoms with Crippen molar-refractivity contribution < 1.29 is 0 Å². The number of benzene rings is 1. The van der Waals surface area contributed by atoms with Gasteiger partial charge in [-0.3, -0.25) is 0 Å². The Morgan fingerprint density at radius 3 is 2.22 bits per heavy atom. The Bertz CT molecular complexity index is 482. The van der Waals surface area contributed by atoms with Crippen molar-refractivity contribution in [3.8, 4) is 11.1 Å². The minimum Gasteiger partial charge on any atom is -0.369 e. The van der Waals surface area contributed by atoms with Crippen LogP contribution in [0.3, 0.4) is 0 Å². The van der Waals surface area contributed by atoms with Crippen LogP contribution in [0.5, 0.6) is 0 Å². The van der Waals surface area contributed by atoms with Crippen molar-refractivity contribution >= 4 is 17.0 Å². The molecular weight excluding hydrogens is 240 g/mol. The standard InChI is InChI=1S/C15H18N2S/c1-16-7-9-17(10-8-16)15-4-2-13(3-5-15)14-6-11-18-12-14/h2-6,11-12H,7-10H2,1H3. The molecule has 3 rings (SSSR count). The fourth-order valence-electron chi connectivity index (χ4n) is 2.36.